The number of aromatic nitrogens is 3. The summed E-state index contributed by atoms with van der Waals surface area (Å²) in [5, 5.41) is 7.86. The summed E-state index contributed by atoms with van der Waals surface area (Å²) in [6.07, 6.45) is -4.41. The number of nitrogens with zero attached hydrogens (tertiary/aromatic N) is 5. The van der Waals surface area contributed by atoms with Crippen LogP contribution in [0.25, 0.3) is 11.0 Å². The van der Waals surface area contributed by atoms with Gasteiger partial charge in [-0.15, -0.1) is 5.10 Å². The summed E-state index contributed by atoms with van der Waals surface area (Å²) < 4.78 is 45.3. The first-order valence-corrected chi connectivity index (χ1v) is 9.95. The minimum atomic E-state index is -4.41. The van der Waals surface area contributed by atoms with Crippen LogP contribution in [0.2, 0.25) is 0 Å². The highest BCUT2D eigenvalue weighted by molar-refractivity contribution is 5.81. The van der Waals surface area contributed by atoms with Gasteiger partial charge in [0.1, 0.15) is 12.1 Å². The number of esters is 1. The molecule has 8 nitrogen and oxygen atoms in total. The molecular weight excluding hydrogens is 427 g/mol. The van der Waals surface area contributed by atoms with Crippen molar-refractivity contribution in [2.24, 2.45) is 0 Å². The van der Waals surface area contributed by atoms with Gasteiger partial charge in [0.2, 0.25) is 0 Å². The second-order valence-electron chi connectivity index (χ2n) is 7.31. The predicted octanol–water partition coefficient (Wildman–Crippen LogP) is 2.34. The van der Waals surface area contributed by atoms with Gasteiger partial charge in [0.15, 0.2) is 6.61 Å². The zero-order chi connectivity index (χ0) is 22.7. The fourth-order valence-electron chi connectivity index (χ4n) is 3.53. The zero-order valence-corrected chi connectivity index (χ0v) is 17.0. The minimum absolute atomic E-state index is 0.170. The fraction of sp³-hybridized carbons (Fsp3) is 0.333. The summed E-state index contributed by atoms with van der Waals surface area (Å²) in [5.41, 5.74) is 1.08. The Balaban J connectivity index is 1.26. The summed E-state index contributed by atoms with van der Waals surface area (Å²) in [7, 11) is 0. The Morgan fingerprint density at radius 2 is 1.75 bits per heavy atom. The lowest BCUT2D eigenvalue weighted by molar-refractivity contribution is -0.152. The molecule has 0 N–H and O–H groups in total. The zero-order valence-electron chi connectivity index (χ0n) is 17.0. The molecule has 1 amide bonds. The molecule has 2 heterocycles. The van der Waals surface area contributed by atoms with Crippen LogP contribution >= 0.6 is 0 Å². The highest BCUT2D eigenvalue weighted by atomic mass is 19.4. The van der Waals surface area contributed by atoms with Gasteiger partial charge in [0.05, 0.1) is 11.1 Å². The van der Waals surface area contributed by atoms with E-state index in [1.54, 1.807) is 29.2 Å². The van der Waals surface area contributed by atoms with Crippen LogP contribution in [0.1, 0.15) is 5.56 Å². The molecular formula is C21H20F3N5O3. The molecule has 0 saturated carbocycles. The van der Waals surface area contributed by atoms with Gasteiger partial charge in [-0.05, 0) is 30.3 Å². The summed E-state index contributed by atoms with van der Waals surface area (Å²) in [6.45, 7) is 0.824. The van der Waals surface area contributed by atoms with Gasteiger partial charge in [-0.1, -0.05) is 23.4 Å². The van der Waals surface area contributed by atoms with Crippen molar-refractivity contribution in [3.63, 3.8) is 0 Å². The molecule has 0 aliphatic carbocycles. The van der Waals surface area contributed by atoms with Gasteiger partial charge in [-0.3, -0.25) is 9.59 Å². The van der Waals surface area contributed by atoms with Gasteiger partial charge < -0.3 is 14.5 Å². The molecule has 4 rings (SSSR count). The Labute approximate surface area is 181 Å². The lowest BCUT2D eigenvalue weighted by Gasteiger charge is -2.36. The van der Waals surface area contributed by atoms with Gasteiger partial charge in [-0.2, -0.15) is 13.2 Å². The number of fused-ring (bicyclic) bond motifs is 1. The normalized spacial score (nSPS) is 14.6. The maximum Gasteiger partial charge on any atom is 0.416 e. The lowest BCUT2D eigenvalue weighted by atomic mass is 10.1. The number of alkyl halides is 3. The third-order valence-corrected chi connectivity index (χ3v) is 5.23. The predicted molar refractivity (Wildman–Crippen MR) is 109 cm³/mol. The van der Waals surface area contributed by atoms with Crippen molar-refractivity contribution in [3.05, 3.63) is 54.1 Å². The Kier molecular flexibility index (Phi) is 5.97. The third-order valence-electron chi connectivity index (χ3n) is 5.23. The molecule has 1 fully saturated rings. The van der Waals surface area contributed by atoms with Crippen LogP contribution < -0.4 is 4.90 Å². The van der Waals surface area contributed by atoms with E-state index in [9.17, 15) is 22.8 Å². The molecule has 11 heteroatoms. The number of piperazine rings is 1. The lowest BCUT2D eigenvalue weighted by Crippen LogP contribution is -2.50. The first kappa shape index (κ1) is 21.6. The number of rotatable bonds is 5. The average Bonchev–Trinajstić information content (AvgIpc) is 3.20. The van der Waals surface area contributed by atoms with E-state index in [1.807, 2.05) is 6.07 Å². The monoisotopic (exact) mass is 447 g/mol. The third kappa shape index (κ3) is 4.82. The van der Waals surface area contributed by atoms with E-state index >= 15 is 0 Å². The molecule has 0 bridgehead atoms. The minimum Gasteiger partial charge on any atom is -0.454 e. The summed E-state index contributed by atoms with van der Waals surface area (Å²) in [4.78, 5) is 27.8. The molecule has 2 aromatic carbocycles. The molecule has 1 aliphatic heterocycles. The molecule has 1 saturated heterocycles. The van der Waals surface area contributed by atoms with Gasteiger partial charge in [0.25, 0.3) is 5.91 Å². The Hall–Kier alpha value is -3.63. The van der Waals surface area contributed by atoms with Gasteiger partial charge in [0, 0.05) is 31.9 Å². The second-order valence-corrected chi connectivity index (χ2v) is 7.31. The van der Waals surface area contributed by atoms with Crippen molar-refractivity contribution in [1.29, 1.82) is 0 Å². The number of hydrogen-bond donors (Lipinski definition) is 0. The van der Waals surface area contributed by atoms with Crippen LogP contribution in [0.4, 0.5) is 18.9 Å². The molecule has 168 valence electrons. The van der Waals surface area contributed by atoms with Crippen molar-refractivity contribution in [2.75, 3.05) is 37.7 Å². The molecule has 3 aromatic rings. The molecule has 1 aliphatic rings. The largest absolute Gasteiger partial charge is 0.454 e. The standard InChI is InChI=1S/C21H20F3N5O3/c22-21(23,24)15-4-3-5-16(12-15)27-8-10-28(11-9-27)19(30)14-32-20(31)13-29-18-7-2-1-6-17(18)25-26-29/h1-7,12H,8-11,13-14H2. The summed E-state index contributed by atoms with van der Waals surface area (Å²) in [6, 6.07) is 12.3. The van der Waals surface area contributed by atoms with Gasteiger partial charge in [-0.25, -0.2) is 4.68 Å². The van der Waals surface area contributed by atoms with Crippen LogP contribution in [0.5, 0.6) is 0 Å². The molecule has 0 radical (unpaired) electrons. The number of anilines is 1. The first-order valence-electron chi connectivity index (χ1n) is 9.95. The van der Waals surface area contributed by atoms with Crippen LogP contribution in [0.3, 0.4) is 0 Å². The number of ether oxygens (including phenoxy) is 1. The Morgan fingerprint density at radius 1 is 1.00 bits per heavy atom. The van der Waals surface area contributed by atoms with E-state index in [1.165, 1.54) is 15.6 Å². The van der Waals surface area contributed by atoms with Crippen molar-refractivity contribution < 1.29 is 27.5 Å². The highest BCUT2D eigenvalue weighted by Crippen LogP contribution is 2.31. The second kappa shape index (κ2) is 8.85. The number of para-hydroxylation sites is 1. The van der Waals surface area contributed by atoms with Crippen LogP contribution in [0.15, 0.2) is 48.5 Å². The number of carbonyl (C=O) groups is 2. The number of carbonyl (C=O) groups excluding carboxylic acids is 2. The SMILES string of the molecule is O=C(Cn1nnc2ccccc21)OCC(=O)N1CCN(c2cccc(C(F)(F)F)c2)CC1. The van der Waals surface area contributed by atoms with Crippen molar-refractivity contribution in [3.8, 4) is 0 Å². The summed E-state index contributed by atoms with van der Waals surface area (Å²) >= 11 is 0. The molecule has 0 atom stereocenters. The van der Waals surface area contributed by atoms with Crippen molar-refractivity contribution in [2.45, 2.75) is 12.7 Å². The maximum absolute atomic E-state index is 12.9. The van der Waals surface area contributed by atoms with E-state index < -0.39 is 24.3 Å². The number of amides is 1. The van der Waals surface area contributed by atoms with E-state index in [0.29, 0.717) is 42.9 Å². The number of hydrogen-bond acceptors (Lipinski definition) is 6. The molecule has 0 unspecified atom stereocenters. The highest BCUT2D eigenvalue weighted by Gasteiger charge is 2.31. The first-order chi connectivity index (χ1) is 15.3. The smallest absolute Gasteiger partial charge is 0.416 e. The van der Waals surface area contributed by atoms with Crippen molar-refractivity contribution in [1.82, 2.24) is 19.9 Å². The molecule has 1 aromatic heterocycles. The average molecular weight is 447 g/mol. The fourth-order valence-corrected chi connectivity index (χ4v) is 3.53. The molecule has 0 spiro atoms. The maximum atomic E-state index is 12.9. The van der Waals surface area contributed by atoms with E-state index in [2.05, 4.69) is 10.3 Å². The quantitative estimate of drug-likeness (QED) is 0.559. The molecule has 32 heavy (non-hydrogen) atoms. The van der Waals surface area contributed by atoms with E-state index in [0.717, 1.165) is 12.1 Å². The Bertz CT molecular complexity index is 1120. The van der Waals surface area contributed by atoms with Gasteiger partial charge >= 0.3 is 12.1 Å². The van der Waals surface area contributed by atoms with Crippen LogP contribution in [-0.2, 0) is 27.0 Å². The topological polar surface area (TPSA) is 80.6 Å². The Morgan fingerprint density at radius 3 is 2.50 bits per heavy atom. The number of halogens is 3. The van der Waals surface area contributed by atoms with Crippen LogP contribution in [-0.4, -0.2) is 64.6 Å². The summed E-state index contributed by atoms with van der Waals surface area (Å²) in [5.74, 6) is -0.970. The van der Waals surface area contributed by atoms with E-state index in [4.69, 9.17) is 4.74 Å². The van der Waals surface area contributed by atoms with E-state index in [-0.39, 0.29) is 12.5 Å². The van der Waals surface area contributed by atoms with Crippen LogP contribution in [0, 0.1) is 0 Å². The number of benzene rings is 2. The van der Waals surface area contributed by atoms with Crippen molar-refractivity contribution >= 4 is 28.6 Å².